The van der Waals surface area contributed by atoms with Crippen LogP contribution >= 0.6 is 22.9 Å². The number of carbonyl (C=O) groups is 1. The summed E-state index contributed by atoms with van der Waals surface area (Å²) < 4.78 is 42.2. The molecule has 0 fully saturated rings. The number of aromatic nitrogens is 3. The Kier molecular flexibility index (Phi) is 5.94. The van der Waals surface area contributed by atoms with Gasteiger partial charge in [-0.25, -0.2) is 4.68 Å². The Bertz CT molecular complexity index is 1050. The molecule has 11 heteroatoms. The molecule has 31 heavy (non-hydrogen) atoms. The van der Waals surface area contributed by atoms with Gasteiger partial charge in [-0.2, -0.15) is 18.3 Å². The second-order valence-corrected chi connectivity index (χ2v) is 8.62. The van der Waals surface area contributed by atoms with Crippen LogP contribution in [-0.2, 0) is 6.42 Å². The molecule has 0 aromatic carbocycles. The third-order valence-electron chi connectivity index (χ3n) is 5.16. The molecule has 1 amide bonds. The number of hydrogen-bond donors (Lipinski definition) is 1. The average Bonchev–Trinajstić information content (AvgIpc) is 3.39. The highest BCUT2D eigenvalue weighted by Crippen LogP contribution is 2.46. The molecule has 0 radical (unpaired) electrons. The number of rotatable bonds is 5. The Morgan fingerprint density at radius 2 is 2.16 bits per heavy atom. The minimum absolute atomic E-state index is 0.00937. The normalized spacial score (nSPS) is 18.4. The summed E-state index contributed by atoms with van der Waals surface area (Å²) in [6, 6.07) is 6.57. The number of carbonyl (C=O) groups excluding carboxylic acids is 1. The molecule has 0 spiro atoms. The summed E-state index contributed by atoms with van der Waals surface area (Å²) >= 11 is 7.73. The van der Waals surface area contributed by atoms with Gasteiger partial charge in [-0.1, -0.05) is 23.7 Å². The molecule has 0 saturated heterocycles. The number of alkyl halides is 3. The molecule has 0 bridgehead atoms. The van der Waals surface area contributed by atoms with Crippen molar-refractivity contribution >= 4 is 34.7 Å². The maximum atomic E-state index is 13.8. The number of halogens is 4. The van der Waals surface area contributed by atoms with Gasteiger partial charge in [0, 0.05) is 43.2 Å². The number of hydrogen-bond acceptors (Lipinski definition) is 5. The van der Waals surface area contributed by atoms with Crippen LogP contribution in [0.4, 0.5) is 19.0 Å². The van der Waals surface area contributed by atoms with E-state index >= 15 is 0 Å². The molecule has 6 nitrogen and oxygen atoms in total. The van der Waals surface area contributed by atoms with Crippen LogP contribution in [0, 0.1) is 0 Å². The number of nitrogens with one attached hydrogen (secondary N) is 1. The van der Waals surface area contributed by atoms with Crippen molar-refractivity contribution in [1.82, 2.24) is 19.7 Å². The number of pyridine rings is 1. The lowest BCUT2D eigenvalue weighted by atomic mass is 10.0. The van der Waals surface area contributed by atoms with E-state index in [-0.39, 0.29) is 23.0 Å². The van der Waals surface area contributed by atoms with E-state index < -0.39 is 24.2 Å². The van der Waals surface area contributed by atoms with E-state index in [0.717, 1.165) is 15.3 Å². The molecule has 2 atom stereocenters. The summed E-state index contributed by atoms with van der Waals surface area (Å²) in [5.74, 6) is -0.534. The standard InChI is InChI=1S/C20H19ClF3N5OS/c1-28(9-7-12-5-2-3-8-25-12)19(30)17-16(21)18-26-13(14-6-4-10-31-14)11-15(20(22,23)24)29(18)27-17/h2-6,8,10,13,15,26H,7,9,11H2,1H3. The molecule has 2 unspecified atom stereocenters. The van der Waals surface area contributed by atoms with Crippen molar-refractivity contribution in [2.24, 2.45) is 0 Å². The van der Waals surface area contributed by atoms with Crippen LogP contribution in [0.15, 0.2) is 41.9 Å². The number of thiophene rings is 1. The Morgan fingerprint density at radius 3 is 2.81 bits per heavy atom. The van der Waals surface area contributed by atoms with Crippen molar-refractivity contribution in [3.63, 3.8) is 0 Å². The molecule has 0 saturated carbocycles. The second-order valence-electron chi connectivity index (χ2n) is 7.26. The quantitative estimate of drug-likeness (QED) is 0.573. The summed E-state index contributed by atoms with van der Waals surface area (Å²) in [4.78, 5) is 19.3. The molecular formula is C20H19ClF3N5OS. The van der Waals surface area contributed by atoms with Crippen molar-refractivity contribution in [2.75, 3.05) is 18.9 Å². The van der Waals surface area contributed by atoms with Gasteiger partial charge in [0.25, 0.3) is 5.91 Å². The zero-order valence-electron chi connectivity index (χ0n) is 16.4. The molecule has 4 heterocycles. The topological polar surface area (TPSA) is 63.1 Å². The van der Waals surface area contributed by atoms with Gasteiger partial charge in [0.2, 0.25) is 0 Å². The van der Waals surface area contributed by atoms with Crippen molar-refractivity contribution in [2.45, 2.75) is 31.1 Å². The first-order chi connectivity index (χ1) is 14.8. The Morgan fingerprint density at radius 1 is 1.35 bits per heavy atom. The van der Waals surface area contributed by atoms with E-state index in [0.29, 0.717) is 13.0 Å². The zero-order valence-corrected chi connectivity index (χ0v) is 18.0. The summed E-state index contributed by atoms with van der Waals surface area (Å²) in [5.41, 5.74) is 0.601. The van der Waals surface area contributed by atoms with Gasteiger partial charge in [-0.15, -0.1) is 11.3 Å². The molecule has 3 aromatic rings. The number of amides is 1. The van der Waals surface area contributed by atoms with E-state index in [1.807, 2.05) is 12.1 Å². The molecule has 1 aliphatic rings. The summed E-state index contributed by atoms with van der Waals surface area (Å²) in [6.07, 6.45) is -2.62. The molecule has 1 aliphatic heterocycles. The summed E-state index contributed by atoms with van der Waals surface area (Å²) in [7, 11) is 1.56. The van der Waals surface area contributed by atoms with Crippen LogP contribution in [-0.4, -0.2) is 45.3 Å². The number of nitrogens with zero attached hydrogens (tertiary/aromatic N) is 4. The number of anilines is 1. The van der Waals surface area contributed by atoms with E-state index in [1.54, 1.807) is 36.8 Å². The summed E-state index contributed by atoms with van der Waals surface area (Å²) in [6.45, 7) is 0.322. The van der Waals surface area contributed by atoms with E-state index in [1.165, 1.54) is 16.2 Å². The van der Waals surface area contributed by atoms with E-state index in [2.05, 4.69) is 15.4 Å². The first-order valence-corrected chi connectivity index (χ1v) is 10.8. The fourth-order valence-electron chi connectivity index (χ4n) is 3.51. The predicted molar refractivity (Wildman–Crippen MR) is 113 cm³/mol. The average molecular weight is 470 g/mol. The Balaban J connectivity index is 1.60. The summed E-state index contributed by atoms with van der Waals surface area (Å²) in [5, 5.41) is 8.73. The van der Waals surface area contributed by atoms with Gasteiger partial charge in [0.15, 0.2) is 11.7 Å². The van der Waals surface area contributed by atoms with Crippen LogP contribution in [0.5, 0.6) is 0 Å². The van der Waals surface area contributed by atoms with Gasteiger partial charge in [-0.05, 0) is 23.6 Å². The van der Waals surface area contributed by atoms with Gasteiger partial charge >= 0.3 is 6.18 Å². The molecule has 0 aliphatic carbocycles. The molecule has 3 aromatic heterocycles. The number of fused-ring (bicyclic) bond motifs is 1. The first-order valence-electron chi connectivity index (χ1n) is 9.55. The fourth-order valence-corrected chi connectivity index (χ4v) is 4.56. The third-order valence-corrected chi connectivity index (χ3v) is 6.51. The maximum Gasteiger partial charge on any atom is 0.410 e. The van der Waals surface area contributed by atoms with E-state index in [9.17, 15) is 18.0 Å². The van der Waals surface area contributed by atoms with E-state index in [4.69, 9.17) is 11.6 Å². The Labute approximate surface area is 185 Å². The van der Waals surface area contributed by atoms with Crippen LogP contribution < -0.4 is 5.32 Å². The van der Waals surface area contributed by atoms with Gasteiger partial charge in [0.1, 0.15) is 10.8 Å². The van der Waals surface area contributed by atoms with Crippen LogP contribution in [0.1, 0.15) is 39.6 Å². The van der Waals surface area contributed by atoms with Crippen molar-refractivity contribution in [3.05, 3.63) is 63.2 Å². The van der Waals surface area contributed by atoms with Crippen LogP contribution in [0.25, 0.3) is 0 Å². The Hall–Kier alpha value is -2.59. The minimum Gasteiger partial charge on any atom is -0.361 e. The SMILES string of the molecule is CN(CCc1ccccn1)C(=O)c1nn2c(c1Cl)NC(c1cccs1)CC2C(F)(F)F. The lowest BCUT2D eigenvalue weighted by molar-refractivity contribution is -0.173. The second kappa shape index (κ2) is 8.51. The van der Waals surface area contributed by atoms with Gasteiger partial charge in [0.05, 0.1) is 6.04 Å². The monoisotopic (exact) mass is 469 g/mol. The number of likely N-dealkylation sites (N-methyl/N-ethyl adjacent to an activating group) is 1. The van der Waals surface area contributed by atoms with Crippen molar-refractivity contribution in [1.29, 1.82) is 0 Å². The highest BCUT2D eigenvalue weighted by molar-refractivity contribution is 7.10. The minimum atomic E-state index is -4.53. The van der Waals surface area contributed by atoms with Crippen molar-refractivity contribution < 1.29 is 18.0 Å². The lowest BCUT2D eigenvalue weighted by Crippen LogP contribution is -2.35. The van der Waals surface area contributed by atoms with Crippen molar-refractivity contribution in [3.8, 4) is 0 Å². The largest absolute Gasteiger partial charge is 0.410 e. The highest BCUT2D eigenvalue weighted by atomic mass is 35.5. The lowest BCUT2D eigenvalue weighted by Gasteiger charge is -2.32. The van der Waals surface area contributed by atoms with Gasteiger partial charge < -0.3 is 10.2 Å². The molecule has 4 rings (SSSR count). The van der Waals surface area contributed by atoms with Crippen LogP contribution in [0.3, 0.4) is 0 Å². The van der Waals surface area contributed by atoms with Crippen LogP contribution in [0.2, 0.25) is 5.02 Å². The highest BCUT2D eigenvalue weighted by Gasteiger charge is 2.48. The maximum absolute atomic E-state index is 13.8. The smallest absolute Gasteiger partial charge is 0.361 e. The molecular weight excluding hydrogens is 451 g/mol. The predicted octanol–water partition coefficient (Wildman–Crippen LogP) is 4.97. The fraction of sp³-hybridized carbons (Fsp3) is 0.350. The molecule has 1 N–H and O–H groups in total. The molecule has 164 valence electrons. The third kappa shape index (κ3) is 4.40. The first kappa shape index (κ1) is 21.6. The van der Waals surface area contributed by atoms with Gasteiger partial charge in [-0.3, -0.25) is 9.78 Å². The zero-order chi connectivity index (χ0) is 22.2.